The van der Waals surface area contributed by atoms with E-state index in [1.165, 1.54) is 6.07 Å². The molecule has 0 spiro atoms. The van der Waals surface area contributed by atoms with E-state index >= 15 is 0 Å². The number of ether oxygens (including phenoxy) is 1. The second kappa shape index (κ2) is 10.0. The third kappa shape index (κ3) is 5.15. The van der Waals surface area contributed by atoms with Crippen molar-refractivity contribution in [1.29, 1.82) is 0 Å². The molecule has 0 saturated heterocycles. The maximum Gasteiger partial charge on any atom is 0.411 e. The van der Waals surface area contributed by atoms with Crippen LogP contribution in [0.25, 0.3) is 11.1 Å². The maximum absolute atomic E-state index is 12.5. The molecule has 0 aromatic heterocycles. The van der Waals surface area contributed by atoms with Crippen LogP contribution in [0.4, 0.5) is 10.5 Å². The predicted molar refractivity (Wildman–Crippen MR) is 129 cm³/mol. The van der Waals surface area contributed by atoms with E-state index in [0.717, 1.165) is 22.3 Å². The van der Waals surface area contributed by atoms with Crippen LogP contribution in [-0.2, 0) is 14.4 Å². The zero-order chi connectivity index (χ0) is 23.4. The first-order valence-electron chi connectivity index (χ1n) is 9.99. The summed E-state index contributed by atoms with van der Waals surface area (Å²) in [7, 11) is 0. The Morgan fingerprint density at radius 1 is 0.939 bits per heavy atom. The second-order valence-electron chi connectivity index (χ2n) is 7.26. The van der Waals surface area contributed by atoms with Gasteiger partial charge in [0, 0.05) is 15.1 Å². The number of hydrogen-bond acceptors (Lipinski definition) is 5. The average molecular weight is 558 g/mol. The van der Waals surface area contributed by atoms with E-state index in [9.17, 15) is 14.4 Å². The SMILES string of the molecule is O=C(O)CONC(=O)c1ccc(NC(=O)OCC2c3ccccc3-c3ccccc32)c(I)c1. The molecule has 3 aromatic rings. The first-order chi connectivity index (χ1) is 15.9. The summed E-state index contributed by atoms with van der Waals surface area (Å²) in [6.07, 6.45) is -0.600. The summed E-state index contributed by atoms with van der Waals surface area (Å²) in [6.45, 7) is -0.456. The molecule has 0 saturated carbocycles. The van der Waals surface area contributed by atoms with Gasteiger partial charge >= 0.3 is 12.1 Å². The molecule has 0 radical (unpaired) electrons. The van der Waals surface area contributed by atoms with Crippen molar-refractivity contribution in [3.63, 3.8) is 0 Å². The van der Waals surface area contributed by atoms with E-state index in [1.54, 1.807) is 12.1 Å². The molecule has 9 heteroatoms. The Labute approximate surface area is 203 Å². The van der Waals surface area contributed by atoms with Crippen LogP contribution in [0.3, 0.4) is 0 Å². The number of halogens is 1. The van der Waals surface area contributed by atoms with Crippen molar-refractivity contribution in [2.45, 2.75) is 5.92 Å². The zero-order valence-corrected chi connectivity index (χ0v) is 19.4. The van der Waals surface area contributed by atoms with Gasteiger partial charge in [-0.1, -0.05) is 48.5 Å². The summed E-state index contributed by atoms with van der Waals surface area (Å²) in [6, 6.07) is 20.8. The third-order valence-corrected chi connectivity index (χ3v) is 6.06. The van der Waals surface area contributed by atoms with E-state index < -0.39 is 24.6 Å². The zero-order valence-electron chi connectivity index (χ0n) is 17.2. The molecule has 8 nitrogen and oxygen atoms in total. The normalized spacial score (nSPS) is 11.9. The van der Waals surface area contributed by atoms with Gasteiger partial charge in [-0.3, -0.25) is 14.9 Å². The molecule has 0 fully saturated rings. The molecule has 2 amide bonds. The van der Waals surface area contributed by atoms with Crippen LogP contribution in [0.1, 0.15) is 27.4 Å². The number of carboxylic acid groups (broad SMARTS) is 1. The fourth-order valence-corrected chi connectivity index (χ4v) is 4.37. The van der Waals surface area contributed by atoms with Gasteiger partial charge in [0.15, 0.2) is 6.61 Å². The Balaban J connectivity index is 1.38. The smallest absolute Gasteiger partial charge is 0.411 e. The standard InChI is InChI=1S/C24H19IN2O6/c25-20-11-14(23(30)27-33-13-22(28)29)9-10-21(20)26-24(31)32-12-19-17-7-3-1-5-15(17)16-6-2-4-8-18(16)19/h1-11,19H,12-13H2,(H,26,31)(H,27,30)(H,28,29). The van der Waals surface area contributed by atoms with Crippen molar-refractivity contribution in [1.82, 2.24) is 5.48 Å². The van der Waals surface area contributed by atoms with Crippen molar-refractivity contribution in [2.24, 2.45) is 0 Å². The number of aliphatic carboxylic acids is 1. The topological polar surface area (TPSA) is 114 Å². The van der Waals surface area contributed by atoms with Crippen molar-refractivity contribution in [2.75, 3.05) is 18.5 Å². The molecule has 1 aliphatic rings. The lowest BCUT2D eigenvalue weighted by molar-refractivity contribution is -0.144. The quantitative estimate of drug-likeness (QED) is 0.293. The number of amides is 2. The summed E-state index contributed by atoms with van der Waals surface area (Å²) < 4.78 is 6.15. The Morgan fingerprint density at radius 2 is 1.58 bits per heavy atom. The van der Waals surface area contributed by atoms with Crippen LogP contribution >= 0.6 is 22.6 Å². The van der Waals surface area contributed by atoms with Gasteiger partial charge in [0.2, 0.25) is 0 Å². The number of carboxylic acids is 1. The number of anilines is 1. The lowest BCUT2D eigenvalue weighted by atomic mass is 9.98. The molecule has 4 rings (SSSR count). The predicted octanol–water partition coefficient (Wildman–Crippen LogP) is 4.40. The number of carbonyl (C=O) groups excluding carboxylic acids is 2. The Kier molecular flexibility index (Phi) is 6.90. The van der Waals surface area contributed by atoms with Gasteiger partial charge < -0.3 is 9.84 Å². The number of hydroxylamine groups is 1. The van der Waals surface area contributed by atoms with Crippen LogP contribution in [0.5, 0.6) is 0 Å². The molecular formula is C24H19IN2O6. The minimum Gasteiger partial charge on any atom is -0.479 e. The van der Waals surface area contributed by atoms with E-state index in [2.05, 4.69) is 27.8 Å². The molecule has 0 bridgehead atoms. The highest BCUT2D eigenvalue weighted by Crippen LogP contribution is 2.44. The van der Waals surface area contributed by atoms with Crippen LogP contribution in [0, 0.1) is 3.57 Å². The van der Waals surface area contributed by atoms with E-state index in [1.807, 2.05) is 59.0 Å². The molecule has 3 aromatic carbocycles. The first-order valence-corrected chi connectivity index (χ1v) is 11.1. The molecule has 3 N–H and O–H groups in total. The molecule has 33 heavy (non-hydrogen) atoms. The fraction of sp³-hybridized carbons (Fsp3) is 0.125. The van der Waals surface area contributed by atoms with Crippen molar-refractivity contribution < 1.29 is 29.1 Å². The summed E-state index contributed by atoms with van der Waals surface area (Å²) in [5.74, 6) is -1.84. The van der Waals surface area contributed by atoms with Crippen molar-refractivity contribution in [3.05, 3.63) is 87.0 Å². The number of rotatable bonds is 7. The second-order valence-corrected chi connectivity index (χ2v) is 8.42. The summed E-state index contributed by atoms with van der Waals surface area (Å²) >= 11 is 1.98. The molecular weight excluding hydrogens is 539 g/mol. The van der Waals surface area contributed by atoms with Crippen LogP contribution < -0.4 is 10.8 Å². The first kappa shape index (κ1) is 22.7. The van der Waals surface area contributed by atoms with Crippen molar-refractivity contribution in [3.8, 4) is 11.1 Å². The number of fused-ring (bicyclic) bond motifs is 3. The van der Waals surface area contributed by atoms with Gasteiger partial charge in [-0.15, -0.1) is 0 Å². The summed E-state index contributed by atoms with van der Waals surface area (Å²) in [5.41, 5.74) is 7.34. The van der Waals surface area contributed by atoms with Gasteiger partial charge in [-0.05, 0) is 63.0 Å². The van der Waals surface area contributed by atoms with Gasteiger partial charge in [0.05, 0.1) is 5.69 Å². The Morgan fingerprint density at radius 3 is 2.18 bits per heavy atom. The van der Waals surface area contributed by atoms with Crippen molar-refractivity contribution >= 4 is 46.2 Å². The minimum absolute atomic E-state index is 0.0425. The Bertz CT molecular complexity index is 1180. The third-order valence-electron chi connectivity index (χ3n) is 5.17. The average Bonchev–Trinajstić information content (AvgIpc) is 3.12. The van der Waals surface area contributed by atoms with Gasteiger partial charge in [-0.2, -0.15) is 0 Å². The number of carbonyl (C=O) groups is 3. The fourth-order valence-electron chi connectivity index (χ4n) is 3.72. The highest BCUT2D eigenvalue weighted by Gasteiger charge is 2.29. The molecule has 168 valence electrons. The largest absolute Gasteiger partial charge is 0.479 e. The number of nitrogens with one attached hydrogen (secondary N) is 2. The lowest BCUT2D eigenvalue weighted by Crippen LogP contribution is -2.26. The van der Waals surface area contributed by atoms with Gasteiger partial charge in [0.25, 0.3) is 5.91 Å². The molecule has 0 heterocycles. The van der Waals surface area contributed by atoms with Crippen LogP contribution in [0.2, 0.25) is 0 Å². The maximum atomic E-state index is 12.5. The van der Waals surface area contributed by atoms with E-state index in [4.69, 9.17) is 9.84 Å². The molecule has 0 aliphatic heterocycles. The highest BCUT2D eigenvalue weighted by molar-refractivity contribution is 14.1. The number of benzene rings is 3. The summed E-state index contributed by atoms with van der Waals surface area (Å²) in [4.78, 5) is 39.5. The molecule has 0 atom stereocenters. The minimum atomic E-state index is -1.20. The van der Waals surface area contributed by atoms with Gasteiger partial charge in [0.1, 0.15) is 6.61 Å². The molecule has 1 aliphatic carbocycles. The van der Waals surface area contributed by atoms with E-state index in [-0.39, 0.29) is 18.1 Å². The lowest BCUT2D eigenvalue weighted by Gasteiger charge is -2.15. The van der Waals surface area contributed by atoms with Crippen LogP contribution in [-0.4, -0.2) is 36.3 Å². The van der Waals surface area contributed by atoms with E-state index in [0.29, 0.717) is 9.26 Å². The molecule has 0 unspecified atom stereocenters. The summed E-state index contributed by atoms with van der Waals surface area (Å²) in [5, 5.41) is 11.2. The monoisotopic (exact) mass is 558 g/mol. The van der Waals surface area contributed by atoms with Gasteiger partial charge in [-0.25, -0.2) is 15.1 Å². The highest BCUT2D eigenvalue weighted by atomic mass is 127. The van der Waals surface area contributed by atoms with Crippen LogP contribution in [0.15, 0.2) is 66.7 Å². The number of hydrogen-bond donors (Lipinski definition) is 3. The Hall–Kier alpha value is -3.44.